The summed E-state index contributed by atoms with van der Waals surface area (Å²) in [6.45, 7) is 0.712. The number of hydrogen-bond donors (Lipinski definition) is 2. The van der Waals surface area contributed by atoms with E-state index in [1.54, 1.807) is 0 Å². The van der Waals surface area contributed by atoms with Crippen molar-refractivity contribution in [3.8, 4) is 0 Å². The summed E-state index contributed by atoms with van der Waals surface area (Å²) in [5.41, 5.74) is 2.48. The highest BCUT2D eigenvalue weighted by Crippen LogP contribution is 2.36. The van der Waals surface area contributed by atoms with Gasteiger partial charge < -0.3 is 10.6 Å². The third-order valence-corrected chi connectivity index (χ3v) is 3.82. The first-order valence-electron chi connectivity index (χ1n) is 5.30. The van der Waals surface area contributed by atoms with E-state index in [4.69, 9.17) is 0 Å². The van der Waals surface area contributed by atoms with Gasteiger partial charge in [0.1, 0.15) is 6.17 Å². The second-order valence-electron chi connectivity index (χ2n) is 4.18. The van der Waals surface area contributed by atoms with Gasteiger partial charge in [-0.25, -0.2) is 0 Å². The number of carbonyl (C=O) groups is 1. The maximum Gasteiger partial charge on any atom is 0.224 e. The Kier molecular flexibility index (Phi) is 2.28. The Hall–Kier alpha value is -1.23. The molecule has 84 valence electrons. The van der Waals surface area contributed by atoms with Crippen LogP contribution in [0.2, 0.25) is 0 Å². The van der Waals surface area contributed by atoms with E-state index in [9.17, 15) is 4.79 Å². The van der Waals surface area contributed by atoms with Crippen molar-refractivity contribution in [2.45, 2.75) is 12.6 Å². The number of piperidine rings is 1. The fourth-order valence-electron chi connectivity index (χ4n) is 2.43. The lowest BCUT2D eigenvalue weighted by molar-refractivity contribution is -0.121. The summed E-state index contributed by atoms with van der Waals surface area (Å²) in [6, 6.07) is 0. The minimum absolute atomic E-state index is 0.113. The number of rotatable bonds is 0. The lowest BCUT2D eigenvalue weighted by Crippen LogP contribution is -2.49. The van der Waals surface area contributed by atoms with Gasteiger partial charge in [0.2, 0.25) is 5.91 Å². The molecule has 3 heterocycles. The van der Waals surface area contributed by atoms with Crippen LogP contribution in [0.25, 0.3) is 0 Å². The van der Waals surface area contributed by atoms with Crippen molar-refractivity contribution in [1.82, 2.24) is 14.6 Å². The Labute approximate surface area is 102 Å². The lowest BCUT2D eigenvalue weighted by Gasteiger charge is -2.41. The van der Waals surface area contributed by atoms with Crippen molar-refractivity contribution in [3.05, 3.63) is 35.7 Å². The number of allylic oxidation sites excluding steroid dienone is 2. The first-order valence-corrected chi connectivity index (χ1v) is 6.01. The molecule has 3 rings (SSSR count). The number of nitrogens with one attached hydrogen (secondary N) is 2. The van der Waals surface area contributed by atoms with Gasteiger partial charge in [0.25, 0.3) is 0 Å². The molecular weight excluding hydrogens is 270 g/mol. The topological polar surface area (TPSA) is 44.4 Å². The molecule has 0 radical (unpaired) electrons. The molecule has 0 bridgehead atoms. The van der Waals surface area contributed by atoms with E-state index in [2.05, 4.69) is 32.9 Å². The molecule has 2 atom stereocenters. The van der Waals surface area contributed by atoms with Crippen molar-refractivity contribution in [1.29, 1.82) is 0 Å². The standard InChI is InChI=1S/C11H12BrN3O/c12-15-6-7-4-10(16)14-5-9(7)8-2-1-3-13-11(8)15/h1-3,6,9,11,13H,4-5H2,(H,14,16). The average molecular weight is 282 g/mol. The summed E-state index contributed by atoms with van der Waals surface area (Å²) in [4.78, 5) is 11.3. The van der Waals surface area contributed by atoms with Crippen LogP contribution >= 0.6 is 16.1 Å². The van der Waals surface area contributed by atoms with Gasteiger partial charge in [-0.3, -0.25) is 8.72 Å². The fraction of sp³-hybridized carbons (Fsp3) is 0.364. The zero-order valence-corrected chi connectivity index (χ0v) is 10.2. The maximum absolute atomic E-state index is 11.3. The monoisotopic (exact) mass is 281 g/mol. The molecule has 1 fully saturated rings. The molecule has 4 nitrogen and oxygen atoms in total. The normalized spacial score (nSPS) is 31.8. The molecule has 2 N–H and O–H groups in total. The molecule has 1 saturated heterocycles. The van der Waals surface area contributed by atoms with E-state index in [1.807, 2.05) is 22.4 Å². The molecule has 2 unspecified atom stereocenters. The number of nitrogens with zero attached hydrogens (tertiary/aromatic N) is 1. The maximum atomic E-state index is 11.3. The predicted molar refractivity (Wildman–Crippen MR) is 64.1 cm³/mol. The molecule has 0 aliphatic carbocycles. The molecule has 0 saturated carbocycles. The average Bonchev–Trinajstić information content (AvgIpc) is 2.29. The van der Waals surface area contributed by atoms with Crippen molar-refractivity contribution in [2.75, 3.05) is 6.54 Å². The minimum atomic E-state index is 0.113. The SMILES string of the molecule is O=C1CC2=CN(Br)C3NC=CC=C3C2CN1. The summed E-state index contributed by atoms with van der Waals surface area (Å²) < 4.78 is 1.95. The van der Waals surface area contributed by atoms with Crippen LogP contribution in [0.3, 0.4) is 0 Å². The van der Waals surface area contributed by atoms with Crippen LogP contribution in [-0.4, -0.2) is 22.5 Å². The molecular formula is C11H12BrN3O. The van der Waals surface area contributed by atoms with Gasteiger partial charge in [0.05, 0.1) is 16.1 Å². The number of amides is 1. The Morgan fingerprint density at radius 2 is 2.38 bits per heavy atom. The first kappa shape index (κ1) is 9.96. The van der Waals surface area contributed by atoms with E-state index in [1.165, 1.54) is 11.1 Å². The van der Waals surface area contributed by atoms with Crippen molar-refractivity contribution < 1.29 is 4.79 Å². The number of hydrogen-bond acceptors (Lipinski definition) is 3. The Bertz CT molecular complexity index is 427. The molecule has 0 spiro atoms. The fourth-order valence-corrected chi connectivity index (χ4v) is 3.05. The summed E-state index contributed by atoms with van der Waals surface area (Å²) in [6.07, 6.45) is 8.76. The Balaban J connectivity index is 1.99. The van der Waals surface area contributed by atoms with Crippen LogP contribution in [0.5, 0.6) is 0 Å². The molecule has 3 aliphatic heterocycles. The third-order valence-electron chi connectivity index (χ3n) is 3.21. The summed E-state index contributed by atoms with van der Waals surface area (Å²) in [5, 5.41) is 6.21. The van der Waals surface area contributed by atoms with Gasteiger partial charge in [0, 0.05) is 25.1 Å². The quantitative estimate of drug-likeness (QED) is 0.652. The van der Waals surface area contributed by atoms with Crippen molar-refractivity contribution >= 4 is 22.1 Å². The van der Waals surface area contributed by atoms with E-state index in [0.717, 1.165) is 0 Å². The number of dihydropyridines is 1. The van der Waals surface area contributed by atoms with Gasteiger partial charge in [-0.05, 0) is 23.4 Å². The molecule has 1 amide bonds. The van der Waals surface area contributed by atoms with Crippen molar-refractivity contribution in [3.63, 3.8) is 0 Å². The largest absolute Gasteiger partial charge is 0.367 e. The molecule has 5 heteroatoms. The second-order valence-corrected chi connectivity index (χ2v) is 5.00. The van der Waals surface area contributed by atoms with E-state index in [0.29, 0.717) is 18.9 Å². The minimum Gasteiger partial charge on any atom is -0.367 e. The zero-order valence-electron chi connectivity index (χ0n) is 8.61. The highest BCUT2D eigenvalue weighted by molar-refractivity contribution is 9.07. The van der Waals surface area contributed by atoms with Gasteiger partial charge in [0.15, 0.2) is 0 Å². The first-order chi connectivity index (χ1) is 7.75. The highest BCUT2D eigenvalue weighted by Gasteiger charge is 2.36. The van der Waals surface area contributed by atoms with E-state index < -0.39 is 0 Å². The Morgan fingerprint density at radius 3 is 3.25 bits per heavy atom. The highest BCUT2D eigenvalue weighted by atomic mass is 79.9. The summed E-state index contributed by atoms with van der Waals surface area (Å²) >= 11 is 3.50. The third kappa shape index (κ3) is 1.46. The van der Waals surface area contributed by atoms with Gasteiger partial charge >= 0.3 is 0 Å². The molecule has 0 aromatic heterocycles. The molecule has 0 aromatic rings. The number of fused-ring (bicyclic) bond motifs is 3. The van der Waals surface area contributed by atoms with E-state index in [-0.39, 0.29) is 12.1 Å². The van der Waals surface area contributed by atoms with Gasteiger partial charge in [-0.2, -0.15) is 0 Å². The predicted octanol–water partition coefficient (Wildman–Crippen LogP) is 1.00. The lowest BCUT2D eigenvalue weighted by atomic mass is 9.82. The van der Waals surface area contributed by atoms with Crippen LogP contribution in [0.15, 0.2) is 35.7 Å². The molecule has 0 aromatic carbocycles. The van der Waals surface area contributed by atoms with Crippen LogP contribution in [0.4, 0.5) is 0 Å². The summed E-state index contributed by atoms with van der Waals surface area (Å²) in [7, 11) is 0. The Morgan fingerprint density at radius 1 is 1.50 bits per heavy atom. The van der Waals surface area contributed by atoms with Crippen LogP contribution in [-0.2, 0) is 4.79 Å². The molecule has 3 aliphatic rings. The van der Waals surface area contributed by atoms with Crippen LogP contribution < -0.4 is 10.6 Å². The number of carbonyl (C=O) groups excluding carboxylic acids is 1. The van der Waals surface area contributed by atoms with Gasteiger partial charge in [-0.15, -0.1) is 0 Å². The smallest absolute Gasteiger partial charge is 0.224 e. The van der Waals surface area contributed by atoms with Crippen LogP contribution in [0.1, 0.15) is 6.42 Å². The zero-order chi connectivity index (χ0) is 11.1. The number of halogens is 1. The second kappa shape index (κ2) is 3.66. The van der Waals surface area contributed by atoms with E-state index >= 15 is 0 Å². The van der Waals surface area contributed by atoms with Crippen LogP contribution in [0, 0.1) is 5.92 Å². The summed E-state index contributed by atoms with van der Waals surface area (Å²) in [5.74, 6) is 0.454. The van der Waals surface area contributed by atoms with Gasteiger partial charge in [-0.1, -0.05) is 6.08 Å². The van der Waals surface area contributed by atoms with Crippen molar-refractivity contribution in [2.24, 2.45) is 5.92 Å². The molecule has 16 heavy (non-hydrogen) atoms.